The molecule has 0 saturated heterocycles. The highest BCUT2D eigenvalue weighted by Crippen LogP contribution is 2.35. The lowest BCUT2D eigenvalue weighted by Gasteiger charge is -2.12. The standard InChI is InChI=1S/C15H14BrClN2O3S/c1-22-12-5-9(14-6-10(16)8-18-15(14)17)4-11(7-12)19-23(20,21)13-2-3-13/h4-8,13,19H,2-3H2,1H3. The minimum atomic E-state index is -3.35. The molecule has 0 radical (unpaired) electrons. The van der Waals surface area contributed by atoms with Gasteiger partial charge in [0.25, 0.3) is 0 Å². The van der Waals surface area contributed by atoms with E-state index in [9.17, 15) is 8.42 Å². The van der Waals surface area contributed by atoms with Crippen molar-refractivity contribution in [2.75, 3.05) is 11.8 Å². The average molecular weight is 418 g/mol. The van der Waals surface area contributed by atoms with Gasteiger partial charge in [-0.1, -0.05) is 11.6 Å². The van der Waals surface area contributed by atoms with E-state index < -0.39 is 10.0 Å². The minimum absolute atomic E-state index is 0.298. The Morgan fingerprint density at radius 2 is 2.04 bits per heavy atom. The second kappa shape index (κ2) is 6.30. The molecular weight excluding hydrogens is 404 g/mol. The Bertz CT molecular complexity index is 854. The van der Waals surface area contributed by atoms with Gasteiger partial charge in [-0.25, -0.2) is 13.4 Å². The number of benzene rings is 1. The Labute approximate surface area is 148 Å². The monoisotopic (exact) mass is 416 g/mol. The largest absolute Gasteiger partial charge is 0.497 e. The number of methoxy groups -OCH3 is 1. The smallest absolute Gasteiger partial charge is 0.235 e. The number of nitrogens with zero attached hydrogens (tertiary/aromatic N) is 1. The summed E-state index contributed by atoms with van der Waals surface area (Å²) in [6, 6.07) is 6.97. The zero-order valence-electron chi connectivity index (χ0n) is 12.2. The molecule has 0 amide bonds. The van der Waals surface area contributed by atoms with Crippen molar-refractivity contribution in [3.8, 4) is 16.9 Å². The van der Waals surface area contributed by atoms with Crippen LogP contribution in [0.15, 0.2) is 34.9 Å². The van der Waals surface area contributed by atoms with E-state index in [0.29, 0.717) is 35.0 Å². The Hall–Kier alpha value is -1.31. The van der Waals surface area contributed by atoms with Gasteiger partial charge in [-0.05, 0) is 52.5 Å². The third-order valence-electron chi connectivity index (χ3n) is 3.48. The van der Waals surface area contributed by atoms with E-state index in [4.69, 9.17) is 16.3 Å². The van der Waals surface area contributed by atoms with E-state index >= 15 is 0 Å². The third-order valence-corrected chi connectivity index (χ3v) is 6.09. The first-order chi connectivity index (χ1) is 10.9. The third kappa shape index (κ3) is 3.79. The average Bonchev–Trinajstić information content (AvgIpc) is 3.34. The highest BCUT2D eigenvalue weighted by Gasteiger charge is 2.35. The van der Waals surface area contributed by atoms with Crippen LogP contribution in [0.4, 0.5) is 5.69 Å². The van der Waals surface area contributed by atoms with Crippen LogP contribution >= 0.6 is 27.5 Å². The molecular formula is C15H14BrClN2O3S. The summed E-state index contributed by atoms with van der Waals surface area (Å²) in [5, 5.41) is 0.0331. The first-order valence-electron chi connectivity index (χ1n) is 6.91. The van der Waals surface area contributed by atoms with Gasteiger partial charge in [0, 0.05) is 22.3 Å². The van der Waals surface area contributed by atoms with Gasteiger partial charge >= 0.3 is 0 Å². The van der Waals surface area contributed by atoms with Crippen LogP contribution in [0, 0.1) is 0 Å². The summed E-state index contributed by atoms with van der Waals surface area (Å²) in [6.45, 7) is 0. The van der Waals surface area contributed by atoms with Crippen molar-refractivity contribution >= 4 is 43.2 Å². The van der Waals surface area contributed by atoms with Gasteiger partial charge in [-0.2, -0.15) is 0 Å². The minimum Gasteiger partial charge on any atom is -0.497 e. The summed E-state index contributed by atoms with van der Waals surface area (Å²) in [6.07, 6.45) is 3.00. The fourth-order valence-corrected chi connectivity index (χ4v) is 4.10. The molecule has 8 heteroatoms. The summed E-state index contributed by atoms with van der Waals surface area (Å²) < 4.78 is 32.9. The number of anilines is 1. The van der Waals surface area contributed by atoms with Gasteiger partial charge in [-0.3, -0.25) is 4.72 Å². The summed E-state index contributed by atoms with van der Waals surface area (Å²) >= 11 is 9.52. The Kier molecular flexibility index (Phi) is 4.53. The van der Waals surface area contributed by atoms with Crippen LogP contribution in [0.5, 0.6) is 5.75 Å². The first kappa shape index (κ1) is 16.5. The lowest BCUT2D eigenvalue weighted by molar-refractivity contribution is 0.415. The van der Waals surface area contributed by atoms with Crippen molar-refractivity contribution < 1.29 is 13.2 Å². The van der Waals surface area contributed by atoms with Crippen LogP contribution < -0.4 is 9.46 Å². The van der Waals surface area contributed by atoms with E-state index in [2.05, 4.69) is 25.6 Å². The Balaban J connectivity index is 2.04. The van der Waals surface area contributed by atoms with Crippen molar-refractivity contribution in [2.45, 2.75) is 18.1 Å². The number of halogens is 2. The highest BCUT2D eigenvalue weighted by molar-refractivity contribution is 9.10. The van der Waals surface area contributed by atoms with E-state index in [1.165, 1.54) is 7.11 Å². The fraction of sp³-hybridized carbons (Fsp3) is 0.267. The zero-order valence-corrected chi connectivity index (χ0v) is 15.4. The van der Waals surface area contributed by atoms with Crippen LogP contribution in [0.2, 0.25) is 5.15 Å². The van der Waals surface area contributed by atoms with E-state index in [1.807, 2.05) is 6.07 Å². The number of nitrogens with one attached hydrogen (secondary N) is 1. The molecule has 1 aliphatic carbocycles. The lowest BCUT2D eigenvalue weighted by Crippen LogP contribution is -2.17. The molecule has 1 heterocycles. The molecule has 1 N–H and O–H groups in total. The Morgan fingerprint density at radius 1 is 1.30 bits per heavy atom. The predicted molar refractivity (Wildman–Crippen MR) is 94.5 cm³/mol. The highest BCUT2D eigenvalue weighted by atomic mass is 79.9. The normalized spacial score (nSPS) is 14.6. The topological polar surface area (TPSA) is 68.3 Å². The molecule has 23 heavy (non-hydrogen) atoms. The molecule has 0 bridgehead atoms. The predicted octanol–water partition coefficient (Wildman–Crippen LogP) is 4.08. The summed E-state index contributed by atoms with van der Waals surface area (Å²) in [5.41, 5.74) is 1.85. The molecule has 0 spiro atoms. The van der Waals surface area contributed by atoms with E-state index in [-0.39, 0.29) is 5.25 Å². The van der Waals surface area contributed by atoms with Gasteiger partial charge in [0.2, 0.25) is 10.0 Å². The van der Waals surface area contributed by atoms with Gasteiger partial charge < -0.3 is 4.74 Å². The molecule has 0 unspecified atom stereocenters. The molecule has 1 aliphatic rings. The number of pyridine rings is 1. The molecule has 1 aromatic heterocycles. The second-order valence-electron chi connectivity index (χ2n) is 5.29. The van der Waals surface area contributed by atoms with Gasteiger partial charge in [0.05, 0.1) is 18.0 Å². The fourth-order valence-electron chi connectivity index (χ4n) is 2.18. The SMILES string of the molecule is COc1cc(NS(=O)(=O)C2CC2)cc(-c2cc(Br)cnc2Cl)c1. The molecule has 0 aliphatic heterocycles. The number of sulfonamides is 1. The van der Waals surface area contributed by atoms with Crippen molar-refractivity contribution in [1.29, 1.82) is 0 Å². The van der Waals surface area contributed by atoms with E-state index in [0.717, 1.165) is 10.0 Å². The zero-order chi connectivity index (χ0) is 16.6. The number of rotatable bonds is 5. The van der Waals surface area contributed by atoms with Gasteiger partial charge in [0.15, 0.2) is 0 Å². The van der Waals surface area contributed by atoms with Gasteiger partial charge in [0.1, 0.15) is 10.9 Å². The maximum Gasteiger partial charge on any atom is 0.235 e. The lowest BCUT2D eigenvalue weighted by atomic mass is 10.1. The number of hydrogen-bond acceptors (Lipinski definition) is 4. The molecule has 122 valence electrons. The van der Waals surface area contributed by atoms with Crippen molar-refractivity contribution in [3.05, 3.63) is 40.1 Å². The van der Waals surface area contributed by atoms with Crippen molar-refractivity contribution in [1.82, 2.24) is 4.98 Å². The first-order valence-corrected chi connectivity index (χ1v) is 9.63. The van der Waals surface area contributed by atoms with Crippen LogP contribution in [0.25, 0.3) is 11.1 Å². The number of ether oxygens (including phenoxy) is 1. The summed E-state index contributed by atoms with van der Waals surface area (Å²) in [4.78, 5) is 4.09. The second-order valence-corrected chi connectivity index (χ2v) is 8.52. The molecule has 3 rings (SSSR count). The summed E-state index contributed by atoms with van der Waals surface area (Å²) in [5.74, 6) is 0.534. The van der Waals surface area contributed by atoms with Crippen LogP contribution in [0.3, 0.4) is 0 Å². The van der Waals surface area contributed by atoms with Crippen LogP contribution in [0.1, 0.15) is 12.8 Å². The Morgan fingerprint density at radius 3 is 2.70 bits per heavy atom. The molecule has 1 fully saturated rings. The summed E-state index contributed by atoms with van der Waals surface area (Å²) in [7, 11) is -1.82. The van der Waals surface area contributed by atoms with Crippen LogP contribution in [-0.2, 0) is 10.0 Å². The molecule has 0 atom stereocenters. The van der Waals surface area contributed by atoms with E-state index in [1.54, 1.807) is 24.4 Å². The maximum atomic E-state index is 12.1. The van der Waals surface area contributed by atoms with Gasteiger partial charge in [-0.15, -0.1) is 0 Å². The maximum absolute atomic E-state index is 12.1. The molecule has 1 saturated carbocycles. The molecule has 5 nitrogen and oxygen atoms in total. The van der Waals surface area contributed by atoms with Crippen molar-refractivity contribution in [3.63, 3.8) is 0 Å². The number of aromatic nitrogens is 1. The molecule has 2 aromatic rings. The molecule has 1 aromatic carbocycles. The number of hydrogen-bond donors (Lipinski definition) is 1. The van der Waals surface area contributed by atoms with Crippen molar-refractivity contribution in [2.24, 2.45) is 0 Å². The van der Waals surface area contributed by atoms with Crippen LogP contribution in [-0.4, -0.2) is 25.8 Å². The quantitative estimate of drug-likeness (QED) is 0.744.